The highest BCUT2D eigenvalue weighted by atomic mass is 16.5. The number of aromatic nitrogens is 2. The molecule has 0 radical (unpaired) electrons. The monoisotopic (exact) mass is 238 g/mol. The summed E-state index contributed by atoms with van der Waals surface area (Å²) >= 11 is 0. The van der Waals surface area contributed by atoms with E-state index in [1.165, 1.54) is 0 Å². The molecule has 1 unspecified atom stereocenters. The first kappa shape index (κ1) is 13.2. The zero-order valence-corrected chi connectivity index (χ0v) is 10.3. The van der Waals surface area contributed by atoms with Crippen LogP contribution in [0.5, 0.6) is 5.88 Å². The van der Waals surface area contributed by atoms with Crippen LogP contribution in [-0.2, 0) is 4.79 Å². The van der Waals surface area contributed by atoms with Gasteiger partial charge in [0.1, 0.15) is 6.04 Å². The van der Waals surface area contributed by atoms with Gasteiger partial charge in [0.15, 0.2) is 0 Å². The van der Waals surface area contributed by atoms with Gasteiger partial charge in [-0.25, -0.2) is 4.98 Å². The van der Waals surface area contributed by atoms with E-state index in [9.17, 15) is 4.79 Å². The lowest BCUT2D eigenvalue weighted by molar-refractivity contribution is -0.119. The van der Waals surface area contributed by atoms with Gasteiger partial charge in [-0.1, -0.05) is 13.8 Å². The van der Waals surface area contributed by atoms with Gasteiger partial charge in [0.05, 0.1) is 6.61 Å². The van der Waals surface area contributed by atoms with Crippen molar-refractivity contribution >= 4 is 11.9 Å². The van der Waals surface area contributed by atoms with E-state index < -0.39 is 11.9 Å². The predicted molar refractivity (Wildman–Crippen MR) is 64.6 cm³/mol. The molecule has 6 nitrogen and oxygen atoms in total. The molecule has 6 heteroatoms. The third-order valence-electron chi connectivity index (χ3n) is 2.18. The Labute approximate surface area is 101 Å². The van der Waals surface area contributed by atoms with Crippen LogP contribution in [0.3, 0.4) is 0 Å². The van der Waals surface area contributed by atoms with E-state index >= 15 is 0 Å². The van der Waals surface area contributed by atoms with E-state index in [1.807, 2.05) is 20.8 Å². The smallest absolute Gasteiger partial charge is 0.240 e. The molecular formula is C11H18N4O2. The molecule has 1 heterocycles. The van der Waals surface area contributed by atoms with Gasteiger partial charge in [-0.05, 0) is 12.8 Å². The molecule has 1 aromatic rings. The summed E-state index contributed by atoms with van der Waals surface area (Å²) in [6.45, 7) is 6.19. The third-order valence-corrected chi connectivity index (χ3v) is 2.18. The first-order valence-electron chi connectivity index (χ1n) is 5.56. The quantitative estimate of drug-likeness (QED) is 0.765. The predicted octanol–water partition coefficient (Wildman–Crippen LogP) is 0.797. The molecular weight excluding hydrogens is 220 g/mol. The molecule has 3 N–H and O–H groups in total. The van der Waals surface area contributed by atoms with Gasteiger partial charge in [-0.2, -0.15) is 4.98 Å². The average molecular weight is 238 g/mol. The number of hydrogen-bond donors (Lipinski definition) is 2. The minimum atomic E-state index is -0.494. The lowest BCUT2D eigenvalue weighted by Crippen LogP contribution is -2.40. The van der Waals surface area contributed by atoms with Crippen LogP contribution >= 0.6 is 0 Å². The van der Waals surface area contributed by atoms with Crippen LogP contribution in [0.4, 0.5) is 5.95 Å². The van der Waals surface area contributed by atoms with Crippen LogP contribution in [0.15, 0.2) is 12.3 Å². The first-order valence-corrected chi connectivity index (χ1v) is 5.56. The summed E-state index contributed by atoms with van der Waals surface area (Å²) in [6, 6.07) is 1.16. The number of rotatable bonds is 6. The van der Waals surface area contributed by atoms with Crippen molar-refractivity contribution in [1.82, 2.24) is 9.97 Å². The summed E-state index contributed by atoms with van der Waals surface area (Å²) in [5, 5.41) is 2.90. The topological polar surface area (TPSA) is 90.1 Å². The number of amides is 1. The lowest BCUT2D eigenvalue weighted by atomic mass is 10.0. The van der Waals surface area contributed by atoms with E-state index in [-0.39, 0.29) is 5.92 Å². The molecule has 0 saturated heterocycles. The highest BCUT2D eigenvalue weighted by Gasteiger charge is 2.20. The number of carbonyl (C=O) groups is 1. The number of carbonyl (C=O) groups excluding carboxylic acids is 1. The van der Waals surface area contributed by atoms with Gasteiger partial charge in [0.2, 0.25) is 17.7 Å². The van der Waals surface area contributed by atoms with Gasteiger partial charge >= 0.3 is 0 Å². The van der Waals surface area contributed by atoms with Crippen LogP contribution in [0, 0.1) is 5.92 Å². The number of hydrogen-bond acceptors (Lipinski definition) is 5. The Morgan fingerprint density at radius 3 is 2.82 bits per heavy atom. The zero-order chi connectivity index (χ0) is 12.8. The highest BCUT2D eigenvalue weighted by molar-refractivity contribution is 5.82. The second-order valence-electron chi connectivity index (χ2n) is 3.92. The Morgan fingerprint density at radius 2 is 2.29 bits per heavy atom. The van der Waals surface area contributed by atoms with Crippen LogP contribution < -0.4 is 15.8 Å². The largest absolute Gasteiger partial charge is 0.478 e. The standard InChI is InChI=1S/C11H18N4O2/c1-4-17-8-5-6-13-11(14-8)15-9(7(2)3)10(12)16/h5-7,9H,4H2,1-3H3,(H2,12,16)(H,13,14,15). The summed E-state index contributed by atoms with van der Waals surface area (Å²) in [5.41, 5.74) is 5.29. The van der Waals surface area contributed by atoms with Crippen molar-refractivity contribution in [1.29, 1.82) is 0 Å². The zero-order valence-electron chi connectivity index (χ0n) is 10.3. The van der Waals surface area contributed by atoms with Crippen molar-refractivity contribution < 1.29 is 9.53 Å². The Balaban J connectivity index is 2.78. The maximum absolute atomic E-state index is 11.2. The van der Waals surface area contributed by atoms with Gasteiger partial charge in [-0.15, -0.1) is 0 Å². The van der Waals surface area contributed by atoms with Crippen LogP contribution in [0.25, 0.3) is 0 Å². The molecule has 1 atom stereocenters. The summed E-state index contributed by atoms with van der Waals surface area (Å²) < 4.78 is 5.24. The summed E-state index contributed by atoms with van der Waals surface area (Å²) in [6.07, 6.45) is 1.57. The van der Waals surface area contributed by atoms with Crippen LogP contribution in [0.1, 0.15) is 20.8 Å². The van der Waals surface area contributed by atoms with E-state index in [0.29, 0.717) is 18.4 Å². The van der Waals surface area contributed by atoms with Crippen molar-refractivity contribution in [3.8, 4) is 5.88 Å². The molecule has 0 aliphatic heterocycles. The molecule has 1 rings (SSSR count). The summed E-state index contributed by atoms with van der Waals surface area (Å²) in [7, 11) is 0. The molecule has 0 bridgehead atoms. The maximum atomic E-state index is 11.2. The number of anilines is 1. The van der Waals surface area contributed by atoms with E-state index in [0.717, 1.165) is 0 Å². The normalized spacial score (nSPS) is 12.2. The summed E-state index contributed by atoms with van der Waals surface area (Å²) in [4.78, 5) is 19.4. The minimum absolute atomic E-state index is 0.0619. The van der Waals surface area contributed by atoms with Gasteiger partial charge in [-0.3, -0.25) is 4.79 Å². The number of nitrogens with zero attached hydrogens (tertiary/aromatic N) is 2. The van der Waals surface area contributed by atoms with Crippen molar-refractivity contribution in [2.75, 3.05) is 11.9 Å². The molecule has 17 heavy (non-hydrogen) atoms. The molecule has 0 saturated carbocycles. The second-order valence-corrected chi connectivity index (χ2v) is 3.92. The first-order chi connectivity index (χ1) is 8.04. The Morgan fingerprint density at radius 1 is 1.59 bits per heavy atom. The Kier molecular flexibility index (Phi) is 4.68. The number of nitrogens with two attached hydrogens (primary N) is 1. The number of nitrogens with one attached hydrogen (secondary N) is 1. The van der Waals surface area contributed by atoms with E-state index in [4.69, 9.17) is 10.5 Å². The molecule has 0 spiro atoms. The maximum Gasteiger partial charge on any atom is 0.240 e. The molecule has 1 amide bonds. The fourth-order valence-corrected chi connectivity index (χ4v) is 1.35. The third kappa shape index (κ3) is 3.90. The molecule has 94 valence electrons. The molecule has 0 fully saturated rings. The number of primary amides is 1. The van der Waals surface area contributed by atoms with Gasteiger partial charge in [0, 0.05) is 12.3 Å². The van der Waals surface area contributed by atoms with Crippen molar-refractivity contribution in [3.05, 3.63) is 12.3 Å². The van der Waals surface area contributed by atoms with Crippen molar-refractivity contribution in [2.45, 2.75) is 26.8 Å². The van der Waals surface area contributed by atoms with E-state index in [2.05, 4.69) is 15.3 Å². The molecule has 0 aliphatic carbocycles. The Bertz CT molecular complexity index is 381. The van der Waals surface area contributed by atoms with Crippen molar-refractivity contribution in [3.63, 3.8) is 0 Å². The Hall–Kier alpha value is -1.85. The van der Waals surface area contributed by atoms with Crippen molar-refractivity contribution in [2.24, 2.45) is 11.7 Å². The highest BCUT2D eigenvalue weighted by Crippen LogP contribution is 2.12. The second kappa shape index (κ2) is 6.03. The van der Waals surface area contributed by atoms with Gasteiger partial charge < -0.3 is 15.8 Å². The fourth-order valence-electron chi connectivity index (χ4n) is 1.35. The SMILES string of the molecule is CCOc1ccnc(NC(C(N)=O)C(C)C)n1. The number of ether oxygens (including phenoxy) is 1. The van der Waals surface area contributed by atoms with Crippen LogP contribution in [0.2, 0.25) is 0 Å². The average Bonchev–Trinajstić information content (AvgIpc) is 2.26. The molecule has 1 aromatic heterocycles. The minimum Gasteiger partial charge on any atom is -0.478 e. The van der Waals surface area contributed by atoms with E-state index in [1.54, 1.807) is 12.3 Å². The van der Waals surface area contributed by atoms with Gasteiger partial charge in [0.25, 0.3) is 0 Å². The summed E-state index contributed by atoms with van der Waals surface area (Å²) in [5.74, 6) is 0.447. The van der Waals surface area contributed by atoms with Crippen LogP contribution in [-0.4, -0.2) is 28.5 Å². The molecule has 0 aromatic carbocycles. The fraction of sp³-hybridized carbons (Fsp3) is 0.545. The lowest BCUT2D eigenvalue weighted by Gasteiger charge is -2.18. The molecule has 0 aliphatic rings.